The lowest BCUT2D eigenvalue weighted by Gasteiger charge is -2.37. The minimum absolute atomic E-state index is 0. The molecule has 1 aromatic rings. The van der Waals surface area contributed by atoms with Gasteiger partial charge in [-0.15, -0.1) is 24.0 Å². The van der Waals surface area contributed by atoms with Gasteiger partial charge in [0, 0.05) is 52.0 Å². The fourth-order valence-corrected chi connectivity index (χ4v) is 4.12. The number of aromatic nitrogens is 2. The van der Waals surface area contributed by atoms with E-state index in [4.69, 9.17) is 9.73 Å². The average Bonchev–Trinajstić information content (AvgIpc) is 3.16. The number of morpholine rings is 1. The van der Waals surface area contributed by atoms with Crippen LogP contribution in [0.25, 0.3) is 0 Å². The topological polar surface area (TPSA) is 78.2 Å². The van der Waals surface area contributed by atoms with Crippen LogP contribution in [0.5, 0.6) is 0 Å². The van der Waals surface area contributed by atoms with E-state index in [1.165, 1.54) is 0 Å². The zero-order chi connectivity index (χ0) is 21.5. The van der Waals surface area contributed by atoms with E-state index < -0.39 is 0 Å². The van der Waals surface area contributed by atoms with Crippen molar-refractivity contribution in [3.8, 4) is 0 Å². The van der Waals surface area contributed by atoms with Crippen molar-refractivity contribution in [1.29, 1.82) is 0 Å². The quantitative estimate of drug-likeness (QED) is 0.316. The lowest BCUT2D eigenvalue weighted by Crippen LogP contribution is -2.55. The van der Waals surface area contributed by atoms with Crippen LogP contribution in [-0.4, -0.2) is 96.5 Å². The largest absolute Gasteiger partial charge is 0.379 e. The number of nitrogens with zero attached hydrogens (tertiary/aromatic N) is 6. The summed E-state index contributed by atoms with van der Waals surface area (Å²) in [5.41, 5.74) is 0.855. The molecule has 1 aromatic heterocycles. The van der Waals surface area contributed by atoms with Gasteiger partial charge in [0.05, 0.1) is 31.6 Å². The number of hydrogen-bond donors (Lipinski definition) is 1. The molecule has 1 atom stereocenters. The third kappa shape index (κ3) is 7.31. The molecule has 1 N–H and O–H groups in total. The minimum atomic E-state index is 0. The molecule has 1 unspecified atom stereocenters. The number of rotatable bonds is 7. The predicted octanol–water partition coefficient (Wildman–Crippen LogP) is 1.40. The van der Waals surface area contributed by atoms with Gasteiger partial charge in [0.1, 0.15) is 6.54 Å². The number of anilines is 1. The maximum absolute atomic E-state index is 12.8. The van der Waals surface area contributed by atoms with Crippen molar-refractivity contribution in [3.05, 3.63) is 12.4 Å². The van der Waals surface area contributed by atoms with E-state index >= 15 is 0 Å². The molecule has 3 rings (SSSR count). The lowest BCUT2D eigenvalue weighted by molar-refractivity contribution is -0.120. The minimum Gasteiger partial charge on any atom is -0.379 e. The summed E-state index contributed by atoms with van der Waals surface area (Å²) >= 11 is 0. The van der Waals surface area contributed by atoms with Crippen molar-refractivity contribution in [1.82, 2.24) is 24.9 Å². The third-order valence-corrected chi connectivity index (χ3v) is 5.62. The van der Waals surface area contributed by atoms with E-state index in [-0.39, 0.29) is 29.9 Å². The van der Waals surface area contributed by atoms with Crippen LogP contribution in [0.2, 0.25) is 0 Å². The Hall–Kier alpha value is -1.40. The first-order valence-corrected chi connectivity index (χ1v) is 11.1. The Kier molecular flexibility index (Phi) is 10.5. The highest BCUT2D eigenvalue weighted by Gasteiger charge is 2.28. The number of piperazine rings is 1. The molecule has 10 heteroatoms. The van der Waals surface area contributed by atoms with Crippen LogP contribution in [0.3, 0.4) is 0 Å². The smallest absolute Gasteiger partial charge is 0.246 e. The first kappa shape index (κ1) is 25.9. The molecule has 2 fully saturated rings. The molecular weight excluding hydrogens is 509 g/mol. The number of ether oxygens (including phenoxy) is 1. The summed E-state index contributed by atoms with van der Waals surface area (Å²) in [6, 6.07) is 0.398. The zero-order valence-corrected chi connectivity index (χ0v) is 21.6. The van der Waals surface area contributed by atoms with Crippen molar-refractivity contribution in [2.75, 3.05) is 63.9 Å². The molecule has 3 heterocycles. The molecular formula is C21H38IN7O2. The predicted molar refractivity (Wildman–Crippen MR) is 134 cm³/mol. The number of aliphatic imine (C=N–C) groups is 1. The molecule has 0 radical (unpaired) electrons. The molecule has 0 spiro atoms. The molecule has 0 aromatic carbocycles. The summed E-state index contributed by atoms with van der Waals surface area (Å²) in [4.78, 5) is 24.1. The number of halogens is 1. The Bertz CT molecular complexity index is 718. The number of hydrogen-bond acceptors (Lipinski definition) is 5. The van der Waals surface area contributed by atoms with E-state index in [1.54, 1.807) is 10.9 Å². The normalized spacial score (nSPS) is 19.5. The van der Waals surface area contributed by atoms with E-state index in [2.05, 4.69) is 41.0 Å². The van der Waals surface area contributed by atoms with Crippen LogP contribution < -0.4 is 10.2 Å². The fourth-order valence-electron chi connectivity index (χ4n) is 4.12. The molecule has 2 saturated heterocycles. The Morgan fingerprint density at radius 2 is 2.00 bits per heavy atom. The molecule has 0 bridgehead atoms. The summed E-state index contributed by atoms with van der Waals surface area (Å²) in [5.74, 6) is 1.52. The highest BCUT2D eigenvalue weighted by Crippen LogP contribution is 2.17. The van der Waals surface area contributed by atoms with Crippen molar-refractivity contribution in [2.45, 2.75) is 33.2 Å². The molecule has 2 aliphatic rings. The Morgan fingerprint density at radius 1 is 1.26 bits per heavy atom. The van der Waals surface area contributed by atoms with Crippen molar-refractivity contribution in [2.24, 2.45) is 18.0 Å². The summed E-state index contributed by atoms with van der Waals surface area (Å²) in [7, 11) is 1.86. The standard InChI is InChI=1S/C21H37N7O2.HI/c1-5-22-21(23-13-18(12-17(2)3)26-8-10-30-11-9-26)27-6-7-28(20(29)16-27)19-14-24-25(4)15-19;/h14-15,17-18H,5-13,16H2,1-4H3,(H,22,23);1H. The van der Waals surface area contributed by atoms with E-state index in [9.17, 15) is 4.79 Å². The van der Waals surface area contributed by atoms with Crippen molar-refractivity contribution < 1.29 is 9.53 Å². The number of aryl methyl sites for hydroxylation is 1. The fraction of sp³-hybridized carbons (Fsp3) is 0.762. The van der Waals surface area contributed by atoms with Gasteiger partial charge in [0.25, 0.3) is 0 Å². The van der Waals surface area contributed by atoms with Gasteiger partial charge in [-0.2, -0.15) is 5.10 Å². The van der Waals surface area contributed by atoms with Crippen LogP contribution >= 0.6 is 24.0 Å². The summed E-state index contributed by atoms with van der Waals surface area (Å²) in [6.45, 7) is 13.3. The SMILES string of the molecule is CCNC(=NCC(CC(C)C)N1CCOCC1)N1CCN(c2cnn(C)c2)C(=O)C1.I. The van der Waals surface area contributed by atoms with Gasteiger partial charge < -0.3 is 19.9 Å². The highest BCUT2D eigenvalue weighted by molar-refractivity contribution is 14.0. The number of guanidine groups is 1. The van der Waals surface area contributed by atoms with E-state index in [1.807, 2.05) is 18.1 Å². The van der Waals surface area contributed by atoms with Gasteiger partial charge in [-0.1, -0.05) is 13.8 Å². The highest BCUT2D eigenvalue weighted by atomic mass is 127. The van der Waals surface area contributed by atoms with Crippen LogP contribution in [0.4, 0.5) is 5.69 Å². The van der Waals surface area contributed by atoms with Crippen LogP contribution in [-0.2, 0) is 16.6 Å². The van der Waals surface area contributed by atoms with Gasteiger partial charge >= 0.3 is 0 Å². The van der Waals surface area contributed by atoms with Crippen molar-refractivity contribution >= 4 is 41.5 Å². The van der Waals surface area contributed by atoms with Crippen LogP contribution in [0, 0.1) is 5.92 Å². The van der Waals surface area contributed by atoms with Gasteiger partial charge in [-0.05, 0) is 19.3 Å². The van der Waals surface area contributed by atoms with Gasteiger partial charge in [-0.25, -0.2) is 0 Å². The van der Waals surface area contributed by atoms with Crippen LogP contribution in [0.15, 0.2) is 17.4 Å². The summed E-state index contributed by atoms with van der Waals surface area (Å²) in [6.07, 6.45) is 4.73. The molecule has 176 valence electrons. The maximum Gasteiger partial charge on any atom is 0.246 e. The molecule has 0 aliphatic carbocycles. The van der Waals surface area contributed by atoms with Gasteiger partial charge in [0.2, 0.25) is 5.91 Å². The number of carbonyl (C=O) groups is 1. The van der Waals surface area contributed by atoms with E-state index in [0.717, 1.165) is 64.0 Å². The Morgan fingerprint density at radius 3 is 2.58 bits per heavy atom. The van der Waals surface area contributed by atoms with E-state index in [0.29, 0.717) is 25.0 Å². The van der Waals surface area contributed by atoms with Crippen molar-refractivity contribution in [3.63, 3.8) is 0 Å². The summed E-state index contributed by atoms with van der Waals surface area (Å²) < 4.78 is 7.25. The number of nitrogens with one attached hydrogen (secondary N) is 1. The Balaban J connectivity index is 0.00000341. The maximum atomic E-state index is 12.8. The average molecular weight is 547 g/mol. The molecule has 31 heavy (non-hydrogen) atoms. The monoisotopic (exact) mass is 547 g/mol. The van der Waals surface area contributed by atoms with Gasteiger partial charge in [0.15, 0.2) is 5.96 Å². The second kappa shape index (κ2) is 12.6. The number of carbonyl (C=O) groups excluding carboxylic acids is 1. The van der Waals surface area contributed by atoms with Gasteiger partial charge in [-0.3, -0.25) is 19.4 Å². The van der Waals surface area contributed by atoms with Crippen LogP contribution in [0.1, 0.15) is 27.2 Å². The second-order valence-electron chi connectivity index (χ2n) is 8.47. The third-order valence-electron chi connectivity index (χ3n) is 5.62. The molecule has 0 saturated carbocycles. The molecule has 1 amide bonds. The first-order valence-electron chi connectivity index (χ1n) is 11.1. The Labute approximate surface area is 203 Å². The second-order valence-corrected chi connectivity index (χ2v) is 8.47. The molecule has 9 nitrogen and oxygen atoms in total. The summed E-state index contributed by atoms with van der Waals surface area (Å²) in [5, 5.41) is 7.57. The lowest BCUT2D eigenvalue weighted by atomic mass is 10.0. The zero-order valence-electron chi connectivity index (χ0n) is 19.3. The number of amides is 1. The molecule has 2 aliphatic heterocycles. The first-order chi connectivity index (χ1) is 14.5.